The number of nitrogens with zero attached hydrogens (tertiary/aromatic N) is 2. The maximum absolute atomic E-state index is 11.0. The third kappa shape index (κ3) is 2.20. The number of carbonyl (C=O) groups is 2. The summed E-state index contributed by atoms with van der Waals surface area (Å²) in [7, 11) is 0. The molecule has 86 valence electrons. The number of fused-ring (bicyclic) bond motifs is 1. The first-order valence-electron chi connectivity index (χ1n) is 4.83. The van der Waals surface area contributed by atoms with E-state index in [2.05, 4.69) is 15.3 Å². The van der Waals surface area contributed by atoms with E-state index in [1.54, 1.807) is 6.07 Å². The molecule has 6 heteroatoms. The highest BCUT2D eigenvalue weighted by Crippen LogP contribution is 2.20. The van der Waals surface area contributed by atoms with Gasteiger partial charge in [0.25, 0.3) is 0 Å². The van der Waals surface area contributed by atoms with Gasteiger partial charge >= 0.3 is 5.97 Å². The second-order valence-electron chi connectivity index (χ2n) is 3.44. The molecule has 0 radical (unpaired) electrons. The van der Waals surface area contributed by atoms with Gasteiger partial charge in [0, 0.05) is 12.3 Å². The van der Waals surface area contributed by atoms with Gasteiger partial charge in [0.2, 0.25) is 5.91 Å². The van der Waals surface area contributed by atoms with E-state index >= 15 is 0 Å². The first-order valence-corrected chi connectivity index (χ1v) is 4.83. The summed E-state index contributed by atoms with van der Waals surface area (Å²) in [5, 5.41) is 12.0. The highest BCUT2D eigenvalue weighted by Gasteiger charge is 2.08. The SMILES string of the molecule is CC(=O)Nc1ncnc2cc(C(=O)O)ccc12. The fourth-order valence-corrected chi connectivity index (χ4v) is 1.46. The number of carbonyl (C=O) groups excluding carboxylic acids is 1. The van der Waals surface area contributed by atoms with Crippen LogP contribution in [-0.4, -0.2) is 27.0 Å². The summed E-state index contributed by atoms with van der Waals surface area (Å²) in [5.41, 5.74) is 0.619. The zero-order valence-corrected chi connectivity index (χ0v) is 8.97. The van der Waals surface area contributed by atoms with Crippen LogP contribution in [0.1, 0.15) is 17.3 Å². The lowest BCUT2D eigenvalue weighted by molar-refractivity contribution is -0.114. The van der Waals surface area contributed by atoms with Crippen molar-refractivity contribution in [2.45, 2.75) is 6.92 Å². The Morgan fingerprint density at radius 2 is 2.06 bits per heavy atom. The van der Waals surface area contributed by atoms with E-state index in [9.17, 15) is 9.59 Å². The van der Waals surface area contributed by atoms with Crippen molar-refractivity contribution in [3.05, 3.63) is 30.1 Å². The van der Waals surface area contributed by atoms with Crippen LogP contribution in [0.4, 0.5) is 5.82 Å². The smallest absolute Gasteiger partial charge is 0.335 e. The van der Waals surface area contributed by atoms with Crippen molar-refractivity contribution in [2.75, 3.05) is 5.32 Å². The Morgan fingerprint density at radius 1 is 1.29 bits per heavy atom. The molecule has 2 rings (SSSR count). The van der Waals surface area contributed by atoms with Crippen LogP contribution in [-0.2, 0) is 4.79 Å². The minimum absolute atomic E-state index is 0.143. The Bertz CT molecular complexity index is 610. The number of carboxylic acids is 1. The first kappa shape index (κ1) is 11.0. The molecule has 0 atom stereocenters. The van der Waals surface area contributed by atoms with Crippen LogP contribution in [0.2, 0.25) is 0 Å². The molecule has 0 aliphatic heterocycles. The van der Waals surface area contributed by atoms with Crippen LogP contribution < -0.4 is 5.32 Å². The molecule has 0 saturated carbocycles. The lowest BCUT2D eigenvalue weighted by Gasteiger charge is -2.05. The summed E-state index contributed by atoms with van der Waals surface area (Å²) in [5.74, 6) is -0.890. The van der Waals surface area contributed by atoms with Crippen molar-refractivity contribution in [1.29, 1.82) is 0 Å². The fourth-order valence-electron chi connectivity index (χ4n) is 1.46. The lowest BCUT2D eigenvalue weighted by atomic mass is 10.1. The largest absolute Gasteiger partial charge is 0.478 e. The molecular formula is C11H9N3O3. The van der Waals surface area contributed by atoms with Crippen LogP contribution in [0.5, 0.6) is 0 Å². The third-order valence-corrected chi connectivity index (χ3v) is 2.18. The standard InChI is InChI=1S/C11H9N3O3/c1-6(15)14-10-8-3-2-7(11(16)17)4-9(8)12-5-13-10/h2-5H,1H3,(H,16,17)(H,12,13,14,15). The summed E-state index contributed by atoms with van der Waals surface area (Å²) in [4.78, 5) is 29.7. The van der Waals surface area contributed by atoms with Crippen molar-refractivity contribution >= 4 is 28.6 Å². The Balaban J connectivity index is 2.58. The van der Waals surface area contributed by atoms with Gasteiger partial charge in [0.05, 0.1) is 11.1 Å². The topological polar surface area (TPSA) is 92.2 Å². The number of hydrogen-bond donors (Lipinski definition) is 2. The summed E-state index contributed by atoms with van der Waals surface area (Å²) < 4.78 is 0. The van der Waals surface area contributed by atoms with Gasteiger partial charge in [0.15, 0.2) is 0 Å². The van der Waals surface area contributed by atoms with Crippen molar-refractivity contribution in [3.8, 4) is 0 Å². The number of carboxylic acid groups (broad SMARTS) is 1. The van der Waals surface area contributed by atoms with E-state index < -0.39 is 5.97 Å². The van der Waals surface area contributed by atoms with E-state index in [4.69, 9.17) is 5.11 Å². The van der Waals surface area contributed by atoms with E-state index in [-0.39, 0.29) is 11.5 Å². The molecule has 0 bridgehead atoms. The number of aromatic carboxylic acids is 1. The van der Waals surface area contributed by atoms with Crippen molar-refractivity contribution in [1.82, 2.24) is 9.97 Å². The molecule has 0 unspecified atom stereocenters. The molecule has 0 aliphatic rings. The molecule has 0 aliphatic carbocycles. The van der Waals surface area contributed by atoms with Crippen molar-refractivity contribution in [2.24, 2.45) is 0 Å². The van der Waals surface area contributed by atoms with Gasteiger partial charge in [-0.2, -0.15) is 0 Å². The average Bonchev–Trinajstić information content (AvgIpc) is 2.28. The van der Waals surface area contributed by atoms with Gasteiger partial charge in [-0.05, 0) is 18.2 Å². The monoisotopic (exact) mass is 231 g/mol. The predicted octanol–water partition coefficient (Wildman–Crippen LogP) is 1.29. The van der Waals surface area contributed by atoms with Gasteiger partial charge < -0.3 is 10.4 Å². The minimum atomic E-state index is -1.02. The lowest BCUT2D eigenvalue weighted by Crippen LogP contribution is -2.08. The second kappa shape index (κ2) is 4.17. The summed E-state index contributed by atoms with van der Waals surface area (Å²) >= 11 is 0. The number of rotatable bonds is 2. The number of nitrogens with one attached hydrogen (secondary N) is 1. The highest BCUT2D eigenvalue weighted by molar-refractivity contribution is 6.00. The summed E-state index contributed by atoms with van der Waals surface area (Å²) in [6.45, 7) is 1.37. The normalized spacial score (nSPS) is 10.2. The van der Waals surface area contributed by atoms with Crippen LogP contribution in [0.3, 0.4) is 0 Å². The molecule has 1 aromatic carbocycles. The maximum atomic E-state index is 11.0. The Labute approximate surface area is 96.3 Å². The quantitative estimate of drug-likeness (QED) is 0.812. The van der Waals surface area contributed by atoms with Crippen LogP contribution in [0, 0.1) is 0 Å². The van der Waals surface area contributed by atoms with Gasteiger partial charge in [0.1, 0.15) is 12.1 Å². The van der Waals surface area contributed by atoms with E-state index in [0.29, 0.717) is 16.7 Å². The molecule has 1 aromatic heterocycles. The minimum Gasteiger partial charge on any atom is -0.478 e. The zero-order valence-electron chi connectivity index (χ0n) is 8.97. The van der Waals surface area contributed by atoms with Crippen LogP contribution in [0.15, 0.2) is 24.5 Å². The van der Waals surface area contributed by atoms with E-state index in [1.807, 2.05) is 0 Å². The Hall–Kier alpha value is -2.50. The van der Waals surface area contributed by atoms with Crippen LogP contribution >= 0.6 is 0 Å². The van der Waals surface area contributed by atoms with Gasteiger partial charge in [-0.3, -0.25) is 4.79 Å². The van der Waals surface area contributed by atoms with Gasteiger partial charge in [-0.15, -0.1) is 0 Å². The van der Waals surface area contributed by atoms with Crippen molar-refractivity contribution < 1.29 is 14.7 Å². The molecule has 0 fully saturated rings. The van der Waals surface area contributed by atoms with Gasteiger partial charge in [-0.25, -0.2) is 14.8 Å². The summed E-state index contributed by atoms with van der Waals surface area (Å²) in [6.07, 6.45) is 1.28. The molecule has 0 saturated heterocycles. The van der Waals surface area contributed by atoms with E-state index in [0.717, 1.165) is 0 Å². The fraction of sp³-hybridized carbons (Fsp3) is 0.0909. The molecule has 2 aromatic rings. The third-order valence-electron chi connectivity index (χ3n) is 2.18. The predicted molar refractivity (Wildman–Crippen MR) is 60.8 cm³/mol. The molecular weight excluding hydrogens is 222 g/mol. The highest BCUT2D eigenvalue weighted by atomic mass is 16.4. The summed E-state index contributed by atoms with van der Waals surface area (Å²) in [6, 6.07) is 4.45. The van der Waals surface area contributed by atoms with Crippen molar-refractivity contribution in [3.63, 3.8) is 0 Å². The van der Waals surface area contributed by atoms with Gasteiger partial charge in [-0.1, -0.05) is 0 Å². The number of hydrogen-bond acceptors (Lipinski definition) is 4. The molecule has 2 N–H and O–H groups in total. The number of benzene rings is 1. The van der Waals surface area contributed by atoms with E-state index in [1.165, 1.54) is 25.4 Å². The molecule has 6 nitrogen and oxygen atoms in total. The molecule has 0 spiro atoms. The Kier molecular flexibility index (Phi) is 2.70. The average molecular weight is 231 g/mol. The Morgan fingerprint density at radius 3 is 2.71 bits per heavy atom. The van der Waals surface area contributed by atoms with Crippen LogP contribution in [0.25, 0.3) is 10.9 Å². The molecule has 1 heterocycles. The first-order chi connectivity index (χ1) is 8.08. The maximum Gasteiger partial charge on any atom is 0.335 e. The number of aromatic nitrogens is 2. The molecule has 1 amide bonds. The molecule has 17 heavy (non-hydrogen) atoms. The number of anilines is 1. The zero-order chi connectivity index (χ0) is 12.4. The number of amides is 1. The second-order valence-corrected chi connectivity index (χ2v) is 3.44.